The Morgan fingerprint density at radius 2 is 1.97 bits per heavy atom. The maximum Gasteiger partial charge on any atom is 0.407 e. The summed E-state index contributed by atoms with van der Waals surface area (Å²) in [6.45, 7) is 1.44. The second-order valence-electron chi connectivity index (χ2n) is 8.37. The van der Waals surface area contributed by atoms with E-state index in [1.165, 1.54) is 23.5 Å². The monoisotopic (exact) mass is 549 g/mol. The highest BCUT2D eigenvalue weighted by Crippen LogP contribution is 2.37. The van der Waals surface area contributed by atoms with Crippen LogP contribution in [0.5, 0.6) is 0 Å². The van der Waals surface area contributed by atoms with Crippen LogP contribution in [-0.4, -0.2) is 82.7 Å². The van der Waals surface area contributed by atoms with E-state index in [2.05, 4.69) is 9.71 Å². The van der Waals surface area contributed by atoms with Gasteiger partial charge in [0.2, 0.25) is 10.0 Å². The number of aromatic nitrogens is 1. The molecule has 1 aliphatic rings. The standard InChI is InChI=1S/C22H23N5O8S2/c1-13-24-17-6-5-14(11-18(17)36-13)16-3-2-4-19(20(16)27(32)33)37(34,35)23-8-7-15-12-25(21(28)29)9-10-26(15)22(30)31/h2-6,11,15,23H,7-10,12H2,1H3,(H,28,29)(H,30,31)/t15-/m1/s1. The van der Waals surface area contributed by atoms with Crippen molar-refractivity contribution >= 4 is 49.5 Å². The molecule has 37 heavy (non-hydrogen) atoms. The van der Waals surface area contributed by atoms with Crippen LogP contribution in [-0.2, 0) is 10.0 Å². The normalized spacial score (nSPS) is 16.2. The van der Waals surface area contributed by atoms with Gasteiger partial charge in [-0.15, -0.1) is 11.3 Å². The average molecular weight is 550 g/mol. The third-order valence-electron chi connectivity index (χ3n) is 6.05. The van der Waals surface area contributed by atoms with Crippen molar-refractivity contribution in [3.63, 3.8) is 0 Å². The zero-order valence-corrected chi connectivity index (χ0v) is 21.2. The van der Waals surface area contributed by atoms with Gasteiger partial charge in [0, 0.05) is 26.2 Å². The smallest absolute Gasteiger partial charge is 0.407 e. The summed E-state index contributed by atoms with van der Waals surface area (Å²) in [5.74, 6) is 0. The number of carbonyl (C=O) groups is 2. The molecule has 1 saturated heterocycles. The molecule has 1 aliphatic heterocycles. The highest BCUT2D eigenvalue weighted by molar-refractivity contribution is 7.89. The molecule has 2 aromatic carbocycles. The SMILES string of the molecule is Cc1nc2ccc(-c3cccc(S(=O)(=O)NCC[C@@H]4CN(C(=O)O)CCN4C(=O)O)c3[N+](=O)[O-])cc2s1. The highest BCUT2D eigenvalue weighted by Gasteiger charge is 2.33. The predicted molar refractivity (Wildman–Crippen MR) is 134 cm³/mol. The number of benzene rings is 2. The van der Waals surface area contributed by atoms with Gasteiger partial charge in [-0.25, -0.2) is 27.7 Å². The van der Waals surface area contributed by atoms with E-state index in [9.17, 15) is 38.3 Å². The van der Waals surface area contributed by atoms with Crippen molar-refractivity contribution in [1.82, 2.24) is 19.5 Å². The second kappa shape index (κ2) is 10.3. The van der Waals surface area contributed by atoms with Crippen molar-refractivity contribution in [2.45, 2.75) is 24.3 Å². The molecule has 0 aliphatic carbocycles. The first-order chi connectivity index (χ1) is 17.5. The lowest BCUT2D eigenvalue weighted by atomic mass is 10.0. The molecule has 0 unspecified atom stereocenters. The average Bonchev–Trinajstić information content (AvgIpc) is 3.22. The first-order valence-electron chi connectivity index (χ1n) is 11.1. The lowest BCUT2D eigenvalue weighted by molar-refractivity contribution is -0.387. The maximum atomic E-state index is 13.1. The first kappa shape index (κ1) is 26.2. The molecule has 2 amide bonds. The molecule has 3 N–H and O–H groups in total. The summed E-state index contributed by atoms with van der Waals surface area (Å²) in [7, 11) is -4.37. The summed E-state index contributed by atoms with van der Waals surface area (Å²) in [6, 6.07) is 8.33. The Bertz CT molecular complexity index is 1490. The number of fused-ring (bicyclic) bond motifs is 1. The van der Waals surface area contributed by atoms with Gasteiger partial charge < -0.3 is 20.0 Å². The van der Waals surface area contributed by atoms with E-state index in [-0.39, 0.29) is 38.2 Å². The van der Waals surface area contributed by atoms with Gasteiger partial charge in [0.1, 0.15) is 0 Å². The molecule has 0 bridgehead atoms. The van der Waals surface area contributed by atoms with E-state index < -0.39 is 43.8 Å². The third-order valence-corrected chi connectivity index (χ3v) is 8.47. The van der Waals surface area contributed by atoms with E-state index in [4.69, 9.17) is 0 Å². The van der Waals surface area contributed by atoms with Gasteiger partial charge in [0.05, 0.1) is 31.8 Å². The molecule has 1 aromatic heterocycles. The zero-order valence-electron chi connectivity index (χ0n) is 19.5. The number of nitrogens with one attached hydrogen (secondary N) is 1. The summed E-state index contributed by atoms with van der Waals surface area (Å²) in [6.07, 6.45) is -2.46. The minimum atomic E-state index is -4.37. The number of para-hydroxylation sites is 1. The van der Waals surface area contributed by atoms with Crippen molar-refractivity contribution in [3.05, 3.63) is 51.5 Å². The number of amides is 2. The molecule has 196 valence electrons. The number of sulfonamides is 1. The number of nitrogens with zero attached hydrogens (tertiary/aromatic N) is 4. The molecule has 2 heterocycles. The number of carboxylic acid groups (broad SMARTS) is 2. The van der Waals surface area contributed by atoms with Gasteiger partial charge in [-0.1, -0.05) is 12.1 Å². The Morgan fingerprint density at radius 1 is 1.22 bits per heavy atom. The van der Waals surface area contributed by atoms with Crippen LogP contribution in [0.15, 0.2) is 41.3 Å². The fourth-order valence-electron chi connectivity index (χ4n) is 4.33. The Labute approximate surface area is 215 Å². The lowest BCUT2D eigenvalue weighted by Gasteiger charge is -2.38. The molecule has 3 aromatic rings. The number of hydrogen-bond acceptors (Lipinski definition) is 8. The molecule has 4 rings (SSSR count). The predicted octanol–water partition coefficient (Wildman–Crippen LogP) is 3.19. The van der Waals surface area contributed by atoms with Gasteiger partial charge in [-0.3, -0.25) is 10.1 Å². The summed E-state index contributed by atoms with van der Waals surface area (Å²) in [5, 5.41) is 31.5. The fourth-order valence-corrected chi connectivity index (χ4v) is 6.44. The van der Waals surface area contributed by atoms with Crippen LogP contribution < -0.4 is 4.72 Å². The summed E-state index contributed by atoms with van der Waals surface area (Å²) in [4.78, 5) is 40.1. The fraction of sp³-hybridized carbons (Fsp3) is 0.318. The second-order valence-corrected chi connectivity index (χ2v) is 11.3. The van der Waals surface area contributed by atoms with Crippen LogP contribution in [0, 0.1) is 17.0 Å². The van der Waals surface area contributed by atoms with E-state index in [0.717, 1.165) is 31.1 Å². The summed E-state index contributed by atoms with van der Waals surface area (Å²) >= 11 is 1.42. The van der Waals surface area contributed by atoms with Gasteiger partial charge >= 0.3 is 12.2 Å². The molecule has 0 spiro atoms. The van der Waals surface area contributed by atoms with Crippen molar-refractivity contribution < 1.29 is 33.1 Å². The largest absolute Gasteiger partial charge is 0.465 e. The minimum Gasteiger partial charge on any atom is -0.465 e. The number of thiazole rings is 1. The van der Waals surface area contributed by atoms with E-state index in [1.54, 1.807) is 18.2 Å². The summed E-state index contributed by atoms with van der Waals surface area (Å²) < 4.78 is 29.4. The number of nitro groups is 1. The molecular weight excluding hydrogens is 526 g/mol. The van der Waals surface area contributed by atoms with Crippen molar-refractivity contribution in [3.8, 4) is 11.1 Å². The number of piperazine rings is 1. The van der Waals surface area contributed by atoms with Crippen LogP contribution in [0.1, 0.15) is 11.4 Å². The van der Waals surface area contributed by atoms with E-state index >= 15 is 0 Å². The Kier molecular flexibility index (Phi) is 7.29. The molecular formula is C22H23N5O8S2. The number of aryl methyl sites for hydroxylation is 1. The molecule has 1 atom stereocenters. The van der Waals surface area contributed by atoms with Gasteiger partial charge in [0.25, 0.3) is 5.69 Å². The molecule has 13 nitrogen and oxygen atoms in total. The Balaban J connectivity index is 1.59. The van der Waals surface area contributed by atoms with Crippen LogP contribution >= 0.6 is 11.3 Å². The summed E-state index contributed by atoms with van der Waals surface area (Å²) in [5.41, 5.74) is 0.742. The number of rotatable bonds is 7. The van der Waals surface area contributed by atoms with E-state index in [1.807, 2.05) is 6.92 Å². The molecule has 0 radical (unpaired) electrons. The third kappa shape index (κ3) is 5.47. The van der Waals surface area contributed by atoms with Crippen molar-refractivity contribution in [1.29, 1.82) is 0 Å². The van der Waals surface area contributed by atoms with E-state index in [0.29, 0.717) is 5.56 Å². The zero-order chi connectivity index (χ0) is 26.9. The quantitative estimate of drug-likeness (QED) is 0.294. The maximum absolute atomic E-state index is 13.1. The minimum absolute atomic E-state index is 0.00966. The molecule has 15 heteroatoms. The highest BCUT2D eigenvalue weighted by atomic mass is 32.2. The van der Waals surface area contributed by atoms with Crippen LogP contribution in [0.25, 0.3) is 21.3 Å². The van der Waals surface area contributed by atoms with Crippen molar-refractivity contribution in [2.75, 3.05) is 26.2 Å². The Hall–Kier alpha value is -3.82. The topological polar surface area (TPSA) is 183 Å². The lowest BCUT2D eigenvalue weighted by Crippen LogP contribution is -2.56. The van der Waals surface area contributed by atoms with Gasteiger partial charge in [-0.05, 0) is 43.2 Å². The van der Waals surface area contributed by atoms with Gasteiger partial charge in [0.15, 0.2) is 4.90 Å². The van der Waals surface area contributed by atoms with Crippen LogP contribution in [0.4, 0.5) is 15.3 Å². The Morgan fingerprint density at radius 3 is 2.65 bits per heavy atom. The molecule has 0 saturated carbocycles. The number of hydrogen-bond donors (Lipinski definition) is 3. The first-order valence-corrected chi connectivity index (χ1v) is 13.4. The van der Waals surface area contributed by atoms with Gasteiger partial charge in [-0.2, -0.15) is 0 Å². The molecule has 1 fully saturated rings. The number of nitro benzene ring substituents is 1. The van der Waals surface area contributed by atoms with Crippen LogP contribution in [0.3, 0.4) is 0 Å². The van der Waals surface area contributed by atoms with Crippen LogP contribution in [0.2, 0.25) is 0 Å². The van der Waals surface area contributed by atoms with Crippen molar-refractivity contribution in [2.24, 2.45) is 0 Å².